The SMILES string of the molecule is C[C@H](NC(=O)OCC1c2ccccc2-c2ccccc21)C(=O)N[C@@H](C)C(=O)NC(CC(N)=O)C(=O)Nc1ccccc1COC(=O)Oc1ccc([N+](=O)[O-])cc1. The Labute approximate surface area is 320 Å². The molecule has 0 radical (unpaired) electrons. The number of amides is 5. The lowest BCUT2D eigenvalue weighted by Gasteiger charge is -2.22. The van der Waals surface area contributed by atoms with Crippen LogP contribution in [0.15, 0.2) is 97.1 Å². The average molecular weight is 767 g/mol. The zero-order valence-corrected chi connectivity index (χ0v) is 30.2. The van der Waals surface area contributed by atoms with Crippen LogP contribution in [0.5, 0.6) is 5.75 Å². The van der Waals surface area contributed by atoms with Gasteiger partial charge >= 0.3 is 12.2 Å². The zero-order valence-electron chi connectivity index (χ0n) is 30.2. The number of carbonyl (C=O) groups excluding carboxylic acids is 6. The standard InChI is InChI=1S/C39H38N6O11/c1-22(41-35(47)23(2)42-38(50)54-21-31-29-12-6-4-10-27(29)28-11-5-7-13-30(28)31)36(48)44-33(19-34(40)46)37(49)43-32-14-8-3-9-24(32)20-55-39(51)56-26-17-15-25(16-18-26)45(52)53/h3-18,22-23,31,33H,19-21H2,1-2H3,(H2,40,46)(H,41,47)(H,42,50)(H,43,49)(H,44,48)/t22-,23-,33?/m0/s1. The number of carbonyl (C=O) groups is 6. The smallest absolute Gasteiger partial charge is 0.449 e. The van der Waals surface area contributed by atoms with Gasteiger partial charge in [0.2, 0.25) is 23.6 Å². The third-order valence-corrected chi connectivity index (χ3v) is 8.73. The van der Waals surface area contributed by atoms with Crippen molar-refractivity contribution in [3.8, 4) is 16.9 Å². The van der Waals surface area contributed by atoms with Gasteiger partial charge < -0.3 is 41.2 Å². The molecule has 6 N–H and O–H groups in total. The molecule has 5 rings (SSSR count). The van der Waals surface area contributed by atoms with E-state index in [0.717, 1.165) is 34.4 Å². The van der Waals surface area contributed by atoms with Crippen molar-refractivity contribution in [2.45, 2.75) is 50.9 Å². The summed E-state index contributed by atoms with van der Waals surface area (Å²) in [5, 5.41) is 20.7. The number of nitro benzene ring substituents is 1. The fraction of sp³-hybridized carbons (Fsp3) is 0.231. The molecule has 0 bridgehead atoms. The van der Waals surface area contributed by atoms with Crippen LogP contribution in [0.3, 0.4) is 0 Å². The van der Waals surface area contributed by atoms with Crippen molar-refractivity contribution in [2.24, 2.45) is 5.73 Å². The van der Waals surface area contributed by atoms with Gasteiger partial charge in [0.25, 0.3) is 5.69 Å². The summed E-state index contributed by atoms with van der Waals surface area (Å²) in [7, 11) is 0. The normalized spacial score (nSPS) is 13.0. The minimum atomic E-state index is -1.48. The van der Waals surface area contributed by atoms with E-state index in [-0.39, 0.29) is 36.3 Å². The lowest BCUT2D eigenvalue weighted by atomic mass is 9.98. The highest BCUT2D eigenvalue weighted by atomic mass is 16.7. The third-order valence-electron chi connectivity index (χ3n) is 8.73. The topological polar surface area (TPSA) is 247 Å². The fourth-order valence-electron chi connectivity index (χ4n) is 5.88. The Morgan fingerprint density at radius 3 is 1.93 bits per heavy atom. The van der Waals surface area contributed by atoms with Gasteiger partial charge in [0.15, 0.2) is 0 Å². The lowest BCUT2D eigenvalue weighted by Crippen LogP contribution is -2.55. The number of ether oxygens (including phenoxy) is 3. The van der Waals surface area contributed by atoms with Gasteiger partial charge in [-0.15, -0.1) is 0 Å². The van der Waals surface area contributed by atoms with Crippen LogP contribution in [0.1, 0.15) is 42.9 Å². The van der Waals surface area contributed by atoms with E-state index < -0.39 is 65.3 Å². The maximum Gasteiger partial charge on any atom is 0.514 e. The van der Waals surface area contributed by atoms with Gasteiger partial charge in [-0.3, -0.25) is 29.3 Å². The Balaban J connectivity index is 1.11. The second-order valence-corrected chi connectivity index (χ2v) is 12.7. The second kappa shape index (κ2) is 18.2. The van der Waals surface area contributed by atoms with E-state index in [2.05, 4.69) is 21.3 Å². The number of non-ortho nitro benzene ring substituents is 1. The Morgan fingerprint density at radius 1 is 0.732 bits per heavy atom. The van der Waals surface area contributed by atoms with Crippen molar-refractivity contribution >= 4 is 47.3 Å². The number of alkyl carbamates (subject to hydrolysis) is 1. The fourth-order valence-corrected chi connectivity index (χ4v) is 5.88. The van der Waals surface area contributed by atoms with Crippen LogP contribution in [0.4, 0.5) is 21.0 Å². The summed E-state index contributed by atoms with van der Waals surface area (Å²) in [6, 6.07) is 22.8. The molecule has 1 aliphatic carbocycles. The highest BCUT2D eigenvalue weighted by Gasteiger charge is 2.31. The molecule has 0 aromatic heterocycles. The first kappa shape index (κ1) is 39.9. The number of rotatable bonds is 15. The van der Waals surface area contributed by atoms with E-state index in [0.29, 0.717) is 5.56 Å². The van der Waals surface area contributed by atoms with Gasteiger partial charge in [-0.05, 0) is 54.3 Å². The summed E-state index contributed by atoms with van der Waals surface area (Å²) < 4.78 is 15.7. The van der Waals surface area contributed by atoms with Crippen LogP contribution in [0.2, 0.25) is 0 Å². The summed E-state index contributed by atoms with van der Waals surface area (Å²) in [4.78, 5) is 86.4. The maximum absolute atomic E-state index is 13.3. The molecule has 0 saturated carbocycles. The van der Waals surface area contributed by atoms with Gasteiger partial charge in [0.05, 0.1) is 11.3 Å². The molecule has 290 valence electrons. The molecule has 0 fully saturated rings. The summed E-state index contributed by atoms with van der Waals surface area (Å²) in [6.07, 6.45) is -2.56. The predicted octanol–water partition coefficient (Wildman–Crippen LogP) is 4.04. The largest absolute Gasteiger partial charge is 0.514 e. The predicted molar refractivity (Wildman–Crippen MR) is 200 cm³/mol. The lowest BCUT2D eigenvalue weighted by molar-refractivity contribution is -0.384. The average Bonchev–Trinajstić information content (AvgIpc) is 3.49. The molecule has 17 heteroatoms. The first-order valence-corrected chi connectivity index (χ1v) is 17.3. The molecule has 56 heavy (non-hydrogen) atoms. The van der Waals surface area contributed by atoms with Gasteiger partial charge in [0.1, 0.15) is 37.1 Å². The van der Waals surface area contributed by atoms with Crippen LogP contribution in [0, 0.1) is 10.1 Å². The molecule has 1 aliphatic rings. The summed E-state index contributed by atoms with van der Waals surface area (Å²) >= 11 is 0. The molecule has 0 spiro atoms. The third kappa shape index (κ3) is 10.2. The molecular formula is C39H38N6O11. The van der Waals surface area contributed by atoms with Crippen LogP contribution in [-0.4, -0.2) is 65.5 Å². The minimum Gasteiger partial charge on any atom is -0.449 e. The number of primary amides is 1. The number of nitrogens with zero attached hydrogens (tertiary/aromatic N) is 1. The molecule has 0 aliphatic heterocycles. The minimum absolute atomic E-state index is 0.000945. The summed E-state index contributed by atoms with van der Waals surface area (Å²) in [5.41, 5.74) is 9.80. The number of hydrogen-bond acceptors (Lipinski definition) is 11. The molecule has 3 atom stereocenters. The molecule has 0 heterocycles. The Morgan fingerprint density at radius 2 is 1.30 bits per heavy atom. The van der Waals surface area contributed by atoms with E-state index in [9.17, 15) is 38.9 Å². The van der Waals surface area contributed by atoms with E-state index in [1.807, 2.05) is 48.5 Å². The number of fused-ring (bicyclic) bond motifs is 3. The highest BCUT2D eigenvalue weighted by molar-refractivity contribution is 6.01. The first-order chi connectivity index (χ1) is 26.8. The first-order valence-electron chi connectivity index (χ1n) is 17.3. The van der Waals surface area contributed by atoms with Crippen LogP contribution >= 0.6 is 0 Å². The van der Waals surface area contributed by atoms with Gasteiger partial charge in [-0.2, -0.15) is 0 Å². The van der Waals surface area contributed by atoms with Crippen molar-refractivity contribution in [1.82, 2.24) is 16.0 Å². The number of anilines is 1. The summed E-state index contributed by atoms with van der Waals surface area (Å²) in [5.74, 6) is -3.50. The van der Waals surface area contributed by atoms with Crippen LogP contribution < -0.4 is 31.7 Å². The van der Waals surface area contributed by atoms with Gasteiger partial charge in [-0.1, -0.05) is 66.7 Å². The van der Waals surface area contributed by atoms with Crippen molar-refractivity contribution in [3.63, 3.8) is 0 Å². The number of nitrogens with one attached hydrogen (secondary N) is 4. The molecule has 4 aromatic rings. The molecule has 17 nitrogen and oxygen atoms in total. The van der Waals surface area contributed by atoms with Gasteiger partial charge in [0, 0.05) is 29.3 Å². The molecule has 4 aromatic carbocycles. The monoisotopic (exact) mass is 766 g/mol. The van der Waals surface area contributed by atoms with E-state index in [1.54, 1.807) is 12.1 Å². The van der Waals surface area contributed by atoms with Crippen LogP contribution in [0.25, 0.3) is 11.1 Å². The van der Waals surface area contributed by atoms with E-state index in [4.69, 9.17) is 19.9 Å². The van der Waals surface area contributed by atoms with Crippen LogP contribution in [-0.2, 0) is 35.3 Å². The number of para-hydroxylation sites is 1. The van der Waals surface area contributed by atoms with Crippen molar-refractivity contribution in [2.75, 3.05) is 11.9 Å². The number of benzene rings is 4. The number of hydrogen-bond donors (Lipinski definition) is 5. The second-order valence-electron chi connectivity index (χ2n) is 12.7. The maximum atomic E-state index is 13.3. The molecular weight excluding hydrogens is 728 g/mol. The van der Waals surface area contributed by atoms with Crippen molar-refractivity contribution in [3.05, 3.63) is 124 Å². The Hall–Kier alpha value is -7.30. The zero-order chi connectivity index (χ0) is 40.4. The van der Waals surface area contributed by atoms with E-state index in [1.165, 1.54) is 38.1 Å². The van der Waals surface area contributed by atoms with Crippen molar-refractivity contribution in [1.29, 1.82) is 0 Å². The molecule has 0 saturated heterocycles. The quantitative estimate of drug-likeness (QED) is 0.0500. The van der Waals surface area contributed by atoms with Crippen molar-refractivity contribution < 1.29 is 47.9 Å². The molecule has 5 amide bonds. The highest BCUT2D eigenvalue weighted by Crippen LogP contribution is 2.44. The number of nitrogens with two attached hydrogens (primary N) is 1. The van der Waals surface area contributed by atoms with E-state index >= 15 is 0 Å². The van der Waals surface area contributed by atoms with Gasteiger partial charge in [-0.25, -0.2) is 9.59 Å². The molecule has 1 unspecified atom stereocenters. The Bertz CT molecular complexity index is 2100. The Kier molecular flexibility index (Phi) is 12.9. The summed E-state index contributed by atoms with van der Waals surface area (Å²) in [6.45, 7) is 2.40. The number of nitro groups is 1.